The number of aromatic nitrogens is 1. The van der Waals surface area contributed by atoms with E-state index in [2.05, 4.69) is 27.4 Å². The highest BCUT2D eigenvalue weighted by Gasteiger charge is 2.16. The van der Waals surface area contributed by atoms with Gasteiger partial charge in [0, 0.05) is 34.1 Å². The topological polar surface area (TPSA) is 60.3 Å². The predicted molar refractivity (Wildman–Crippen MR) is 125 cm³/mol. The van der Waals surface area contributed by atoms with E-state index in [9.17, 15) is 9.59 Å². The summed E-state index contributed by atoms with van der Waals surface area (Å²) in [7, 11) is 0. The van der Waals surface area contributed by atoms with E-state index in [1.807, 2.05) is 26.2 Å². The minimum Gasteiger partial charge on any atom is -0.485 e. The lowest BCUT2D eigenvalue weighted by Gasteiger charge is -2.10. The number of benzene rings is 1. The molecule has 0 saturated carbocycles. The molecule has 30 heavy (non-hydrogen) atoms. The summed E-state index contributed by atoms with van der Waals surface area (Å²) in [6, 6.07) is 13.2. The summed E-state index contributed by atoms with van der Waals surface area (Å²) in [5.74, 6) is 0.930. The molecule has 0 spiro atoms. The first kappa shape index (κ1) is 22.2. The molecular weight excluding hydrogens is 416 g/mol. The molecule has 0 atom stereocenters. The number of hydrogen-bond acceptors (Lipinski definition) is 5. The summed E-state index contributed by atoms with van der Waals surface area (Å²) in [6.45, 7) is 4.85. The van der Waals surface area contributed by atoms with Crippen LogP contribution in [0.5, 0.6) is 5.75 Å². The molecule has 1 amide bonds. The number of ketones is 1. The molecule has 7 heteroatoms. The lowest BCUT2D eigenvalue weighted by atomic mass is 10.1. The summed E-state index contributed by atoms with van der Waals surface area (Å²) < 4.78 is 7.87. The molecule has 0 unspecified atom stereocenters. The monoisotopic (exact) mass is 442 g/mol. The Morgan fingerprint density at radius 2 is 1.93 bits per heavy atom. The van der Waals surface area contributed by atoms with Crippen molar-refractivity contribution in [3.63, 3.8) is 0 Å². The van der Waals surface area contributed by atoms with E-state index in [0.29, 0.717) is 22.8 Å². The highest BCUT2D eigenvalue weighted by Crippen LogP contribution is 2.20. The number of rotatable bonds is 10. The molecule has 1 N–H and O–H groups in total. The standard InChI is InChI=1S/C23H26N2O3S2/c1-16-13-21(17(2)25(16)11-10-20-5-4-12-30-20)22(26)14-28-19-8-6-18(7-9-19)24-23(27)15-29-3/h4-9,12-13H,10-11,14-15H2,1-3H3,(H,24,27). The molecule has 1 aromatic carbocycles. The molecule has 2 aromatic heterocycles. The van der Waals surface area contributed by atoms with Crippen molar-refractivity contribution in [3.05, 3.63) is 69.7 Å². The van der Waals surface area contributed by atoms with Gasteiger partial charge in [0.2, 0.25) is 11.7 Å². The van der Waals surface area contributed by atoms with Crippen LogP contribution in [-0.4, -0.2) is 34.9 Å². The van der Waals surface area contributed by atoms with Crippen LogP contribution in [0.2, 0.25) is 0 Å². The van der Waals surface area contributed by atoms with Gasteiger partial charge in [-0.2, -0.15) is 11.8 Å². The van der Waals surface area contributed by atoms with Crippen LogP contribution >= 0.6 is 23.1 Å². The van der Waals surface area contributed by atoms with Gasteiger partial charge in [0.05, 0.1) is 5.75 Å². The minimum atomic E-state index is -0.0409. The second-order valence-corrected chi connectivity index (χ2v) is 8.88. The maximum Gasteiger partial charge on any atom is 0.234 e. The molecule has 3 rings (SSSR count). The Balaban J connectivity index is 1.57. The van der Waals surface area contributed by atoms with E-state index in [1.165, 1.54) is 16.6 Å². The summed E-state index contributed by atoms with van der Waals surface area (Å²) in [4.78, 5) is 25.7. The SMILES string of the molecule is CSCC(=O)Nc1ccc(OCC(=O)c2cc(C)n(CCc3cccs3)c2C)cc1. The van der Waals surface area contributed by atoms with Crippen LogP contribution in [0, 0.1) is 13.8 Å². The molecule has 0 saturated heterocycles. The van der Waals surface area contributed by atoms with Crippen molar-refractivity contribution in [2.24, 2.45) is 0 Å². The predicted octanol–water partition coefficient (Wildman–Crippen LogP) is 4.97. The first-order valence-corrected chi connectivity index (χ1v) is 12.0. The number of carbonyl (C=O) groups excluding carboxylic acids is 2. The van der Waals surface area contributed by atoms with E-state index in [4.69, 9.17) is 4.74 Å². The largest absolute Gasteiger partial charge is 0.485 e. The molecule has 0 aliphatic carbocycles. The van der Waals surface area contributed by atoms with Gasteiger partial charge < -0.3 is 14.6 Å². The lowest BCUT2D eigenvalue weighted by Crippen LogP contribution is -2.14. The molecule has 3 aromatic rings. The fourth-order valence-electron chi connectivity index (χ4n) is 3.29. The Hall–Kier alpha value is -2.51. The van der Waals surface area contributed by atoms with Gasteiger partial charge in [-0.3, -0.25) is 9.59 Å². The molecular formula is C23H26N2O3S2. The minimum absolute atomic E-state index is 0.0204. The first-order chi connectivity index (χ1) is 14.5. The fraction of sp³-hybridized carbons (Fsp3) is 0.304. The number of Topliss-reactive ketones (excluding diaryl/α,β-unsaturated/α-hetero) is 1. The van der Waals surface area contributed by atoms with Crippen molar-refractivity contribution < 1.29 is 14.3 Å². The van der Waals surface area contributed by atoms with Crippen LogP contribution in [-0.2, 0) is 17.8 Å². The molecule has 0 aliphatic heterocycles. The first-order valence-electron chi connectivity index (χ1n) is 9.72. The number of hydrogen-bond donors (Lipinski definition) is 1. The third-order valence-corrected chi connectivity index (χ3v) is 6.31. The van der Waals surface area contributed by atoms with Crippen molar-refractivity contribution >= 4 is 40.5 Å². The maximum atomic E-state index is 12.7. The summed E-state index contributed by atoms with van der Waals surface area (Å²) in [5, 5.41) is 4.90. The summed E-state index contributed by atoms with van der Waals surface area (Å²) >= 11 is 3.23. The van der Waals surface area contributed by atoms with Crippen LogP contribution in [0.25, 0.3) is 0 Å². The van der Waals surface area contributed by atoms with E-state index in [0.717, 1.165) is 24.4 Å². The summed E-state index contributed by atoms with van der Waals surface area (Å²) in [6.07, 6.45) is 2.84. The Kier molecular flexibility index (Phi) is 7.76. The zero-order valence-electron chi connectivity index (χ0n) is 17.4. The molecule has 0 bridgehead atoms. The number of ether oxygens (including phenoxy) is 1. The number of nitrogens with zero attached hydrogens (tertiary/aromatic N) is 1. The lowest BCUT2D eigenvalue weighted by molar-refractivity contribution is -0.113. The normalized spacial score (nSPS) is 10.8. The number of anilines is 1. The van der Waals surface area contributed by atoms with Gasteiger partial charge in [-0.25, -0.2) is 0 Å². The van der Waals surface area contributed by atoms with Crippen molar-refractivity contribution in [2.45, 2.75) is 26.8 Å². The number of aryl methyl sites for hydroxylation is 2. The van der Waals surface area contributed by atoms with Gasteiger partial charge in [-0.15, -0.1) is 11.3 Å². The zero-order chi connectivity index (χ0) is 21.5. The van der Waals surface area contributed by atoms with Crippen LogP contribution in [0.3, 0.4) is 0 Å². The maximum absolute atomic E-state index is 12.7. The third-order valence-electron chi connectivity index (χ3n) is 4.82. The molecule has 0 fully saturated rings. The molecule has 158 valence electrons. The number of nitrogens with one attached hydrogen (secondary N) is 1. The number of thiophene rings is 1. The number of carbonyl (C=O) groups is 2. The van der Waals surface area contributed by atoms with Gasteiger partial charge in [-0.05, 0) is 68.3 Å². The quantitative estimate of drug-likeness (QED) is 0.450. The highest BCUT2D eigenvalue weighted by atomic mass is 32.2. The molecule has 5 nitrogen and oxygen atoms in total. The van der Waals surface area contributed by atoms with Crippen molar-refractivity contribution in [2.75, 3.05) is 23.9 Å². The van der Waals surface area contributed by atoms with Crippen LogP contribution in [0.1, 0.15) is 26.6 Å². The Morgan fingerprint density at radius 1 is 1.17 bits per heavy atom. The second kappa shape index (κ2) is 10.5. The van der Waals surface area contributed by atoms with Gasteiger partial charge in [0.1, 0.15) is 5.75 Å². The average molecular weight is 443 g/mol. The van der Waals surface area contributed by atoms with E-state index >= 15 is 0 Å². The molecule has 0 radical (unpaired) electrons. The van der Waals surface area contributed by atoms with Gasteiger partial charge in [0.15, 0.2) is 6.61 Å². The average Bonchev–Trinajstić information content (AvgIpc) is 3.34. The van der Waals surface area contributed by atoms with Crippen molar-refractivity contribution in [1.82, 2.24) is 4.57 Å². The molecule has 2 heterocycles. The van der Waals surface area contributed by atoms with Crippen LogP contribution in [0.15, 0.2) is 47.8 Å². The summed E-state index contributed by atoms with van der Waals surface area (Å²) in [5.41, 5.74) is 3.48. The van der Waals surface area contributed by atoms with Crippen LogP contribution < -0.4 is 10.1 Å². The number of thioether (sulfide) groups is 1. The smallest absolute Gasteiger partial charge is 0.234 e. The van der Waals surface area contributed by atoms with Crippen molar-refractivity contribution in [3.8, 4) is 5.75 Å². The highest BCUT2D eigenvalue weighted by molar-refractivity contribution is 7.99. The van der Waals surface area contributed by atoms with Gasteiger partial charge in [0.25, 0.3) is 0 Å². The van der Waals surface area contributed by atoms with E-state index < -0.39 is 0 Å². The fourth-order valence-corrected chi connectivity index (χ4v) is 4.33. The van der Waals surface area contributed by atoms with Crippen molar-refractivity contribution in [1.29, 1.82) is 0 Å². The van der Waals surface area contributed by atoms with Gasteiger partial charge >= 0.3 is 0 Å². The van der Waals surface area contributed by atoms with Gasteiger partial charge in [-0.1, -0.05) is 6.07 Å². The second-order valence-electron chi connectivity index (χ2n) is 6.98. The number of amides is 1. The zero-order valence-corrected chi connectivity index (χ0v) is 19.1. The molecule has 0 aliphatic rings. The van der Waals surface area contributed by atoms with E-state index in [1.54, 1.807) is 35.6 Å². The Labute approximate surface area is 185 Å². The third kappa shape index (κ3) is 5.77. The van der Waals surface area contributed by atoms with Crippen LogP contribution in [0.4, 0.5) is 5.69 Å². The Morgan fingerprint density at radius 3 is 2.60 bits per heavy atom. The Bertz CT molecular complexity index is 992. The van der Waals surface area contributed by atoms with E-state index in [-0.39, 0.29) is 18.3 Å².